The summed E-state index contributed by atoms with van der Waals surface area (Å²) in [6, 6.07) is 0. The molecule has 0 aliphatic carbocycles. The van der Waals surface area contributed by atoms with E-state index in [4.69, 9.17) is 0 Å². The molecule has 13 heavy (non-hydrogen) atoms. The van der Waals surface area contributed by atoms with E-state index in [9.17, 15) is 4.57 Å². The van der Waals surface area contributed by atoms with Gasteiger partial charge in [-0.1, -0.05) is 20.8 Å². The highest BCUT2D eigenvalue weighted by Crippen LogP contribution is 2.63. The van der Waals surface area contributed by atoms with Crippen molar-refractivity contribution in [2.24, 2.45) is 0 Å². The molecule has 1 rings (SSSR count). The Morgan fingerprint density at radius 3 is 1.69 bits per heavy atom. The van der Waals surface area contributed by atoms with E-state index in [0.717, 1.165) is 19.5 Å². The quantitative estimate of drug-likeness (QED) is 0.565. The van der Waals surface area contributed by atoms with Gasteiger partial charge in [-0.3, -0.25) is 4.57 Å². The Morgan fingerprint density at radius 1 is 1.08 bits per heavy atom. The molecule has 0 aromatic rings. The van der Waals surface area contributed by atoms with E-state index in [-0.39, 0.29) is 5.16 Å². The summed E-state index contributed by atoms with van der Waals surface area (Å²) in [6.45, 7) is 8.10. The molecule has 1 fully saturated rings. The van der Waals surface area contributed by atoms with Gasteiger partial charge in [0.05, 0.1) is 0 Å². The highest BCUT2D eigenvalue weighted by atomic mass is 31.2. The van der Waals surface area contributed by atoms with Gasteiger partial charge < -0.3 is 0 Å². The van der Waals surface area contributed by atoms with Crippen LogP contribution >= 0.6 is 7.44 Å². The number of nitrogens with zero attached hydrogens (tertiary/aromatic N) is 2. The van der Waals surface area contributed by atoms with E-state index in [0.29, 0.717) is 0 Å². The van der Waals surface area contributed by atoms with Gasteiger partial charge in [0.1, 0.15) is 0 Å². The molecular formula is C9H21N2OP. The van der Waals surface area contributed by atoms with Crippen LogP contribution in [0.2, 0.25) is 0 Å². The third-order valence-corrected chi connectivity index (χ3v) is 6.76. The second-order valence-electron chi connectivity index (χ2n) is 4.83. The van der Waals surface area contributed by atoms with Crippen molar-refractivity contribution in [2.45, 2.75) is 32.3 Å². The summed E-state index contributed by atoms with van der Waals surface area (Å²) in [5, 5.41) is -0.142. The Kier molecular flexibility index (Phi) is 2.92. The maximum Gasteiger partial charge on any atom is 0.221 e. The first-order valence-corrected chi connectivity index (χ1v) is 6.45. The van der Waals surface area contributed by atoms with Gasteiger partial charge in [-0.25, -0.2) is 9.34 Å². The van der Waals surface area contributed by atoms with Crippen molar-refractivity contribution in [1.29, 1.82) is 0 Å². The summed E-state index contributed by atoms with van der Waals surface area (Å²) < 4.78 is 16.8. The van der Waals surface area contributed by atoms with E-state index in [1.807, 2.05) is 23.4 Å². The topological polar surface area (TPSA) is 23.6 Å². The lowest BCUT2D eigenvalue weighted by molar-refractivity contribution is 0.313. The highest BCUT2D eigenvalue weighted by Gasteiger charge is 2.45. The summed E-state index contributed by atoms with van der Waals surface area (Å²) in [5.41, 5.74) is 0. The largest absolute Gasteiger partial charge is 0.288 e. The van der Waals surface area contributed by atoms with E-state index in [1.165, 1.54) is 0 Å². The van der Waals surface area contributed by atoms with Gasteiger partial charge in [0.25, 0.3) is 0 Å². The number of hydrogen-bond acceptors (Lipinski definition) is 1. The zero-order chi connectivity index (χ0) is 10.3. The van der Waals surface area contributed by atoms with Crippen molar-refractivity contribution in [3.05, 3.63) is 0 Å². The SMILES string of the molecule is CN1CCCN(C)P1(=O)C(C)(C)C. The molecule has 3 nitrogen and oxygen atoms in total. The Balaban J connectivity index is 3.02. The fraction of sp³-hybridized carbons (Fsp3) is 1.00. The molecule has 1 aliphatic heterocycles. The minimum absolute atomic E-state index is 0.142. The molecule has 78 valence electrons. The van der Waals surface area contributed by atoms with Crippen molar-refractivity contribution in [3.63, 3.8) is 0 Å². The van der Waals surface area contributed by atoms with Crippen LogP contribution in [0.15, 0.2) is 0 Å². The average Bonchev–Trinajstić information content (AvgIpc) is 1.97. The first kappa shape index (κ1) is 11.2. The van der Waals surface area contributed by atoms with Crippen LogP contribution in [0.1, 0.15) is 27.2 Å². The summed E-state index contributed by atoms with van der Waals surface area (Å²) in [6.07, 6.45) is 1.12. The Hall–Kier alpha value is 0.150. The van der Waals surface area contributed by atoms with E-state index < -0.39 is 7.44 Å². The van der Waals surface area contributed by atoms with Crippen molar-refractivity contribution in [2.75, 3.05) is 27.2 Å². The van der Waals surface area contributed by atoms with E-state index in [1.54, 1.807) is 0 Å². The molecule has 1 heterocycles. The van der Waals surface area contributed by atoms with Crippen LogP contribution in [0.3, 0.4) is 0 Å². The molecule has 0 radical (unpaired) electrons. The second-order valence-corrected chi connectivity index (χ2v) is 8.63. The number of hydrogen-bond donors (Lipinski definition) is 0. The molecule has 0 aromatic heterocycles. The average molecular weight is 204 g/mol. The van der Waals surface area contributed by atoms with Crippen LogP contribution in [0, 0.1) is 0 Å². The Labute approximate surface area is 81.6 Å². The van der Waals surface area contributed by atoms with Gasteiger partial charge in [-0.05, 0) is 20.5 Å². The summed E-state index contributed by atoms with van der Waals surface area (Å²) in [5.74, 6) is 0. The van der Waals surface area contributed by atoms with Crippen LogP contribution in [0.4, 0.5) is 0 Å². The monoisotopic (exact) mass is 204 g/mol. The summed E-state index contributed by atoms with van der Waals surface area (Å²) in [7, 11) is 1.64. The molecule has 1 aliphatic rings. The van der Waals surface area contributed by atoms with Gasteiger partial charge in [-0.2, -0.15) is 0 Å². The van der Waals surface area contributed by atoms with E-state index in [2.05, 4.69) is 20.8 Å². The fourth-order valence-corrected chi connectivity index (χ4v) is 5.48. The Morgan fingerprint density at radius 2 is 1.46 bits per heavy atom. The van der Waals surface area contributed by atoms with Crippen molar-refractivity contribution in [3.8, 4) is 0 Å². The number of rotatable bonds is 0. The molecule has 0 unspecified atom stereocenters. The van der Waals surface area contributed by atoms with Gasteiger partial charge >= 0.3 is 0 Å². The predicted octanol–water partition coefficient (Wildman–Crippen LogP) is 2.25. The molecule has 1 saturated heterocycles. The van der Waals surface area contributed by atoms with Gasteiger partial charge in [-0.15, -0.1) is 0 Å². The molecule has 0 bridgehead atoms. The van der Waals surface area contributed by atoms with Crippen LogP contribution in [-0.2, 0) is 4.57 Å². The molecule has 0 amide bonds. The van der Waals surface area contributed by atoms with Gasteiger partial charge in [0.15, 0.2) is 0 Å². The second kappa shape index (κ2) is 3.38. The minimum atomic E-state index is -2.31. The first-order chi connectivity index (χ1) is 5.80. The summed E-state index contributed by atoms with van der Waals surface area (Å²) >= 11 is 0. The van der Waals surface area contributed by atoms with Crippen LogP contribution in [0.5, 0.6) is 0 Å². The van der Waals surface area contributed by atoms with Crippen molar-refractivity contribution in [1.82, 2.24) is 9.34 Å². The van der Waals surface area contributed by atoms with Crippen LogP contribution in [-0.4, -0.2) is 41.7 Å². The lowest BCUT2D eigenvalue weighted by atomic mass is 10.3. The normalized spacial score (nSPS) is 26.2. The highest BCUT2D eigenvalue weighted by molar-refractivity contribution is 7.60. The zero-order valence-electron chi connectivity index (χ0n) is 9.37. The van der Waals surface area contributed by atoms with Crippen LogP contribution < -0.4 is 0 Å². The third kappa shape index (κ3) is 1.70. The predicted molar refractivity (Wildman–Crippen MR) is 57.2 cm³/mol. The van der Waals surface area contributed by atoms with Gasteiger partial charge in [0, 0.05) is 18.2 Å². The molecular weight excluding hydrogens is 183 g/mol. The smallest absolute Gasteiger partial charge is 0.221 e. The molecule has 0 saturated carbocycles. The van der Waals surface area contributed by atoms with Crippen molar-refractivity contribution < 1.29 is 4.57 Å². The Bertz CT molecular complexity index is 220. The van der Waals surface area contributed by atoms with Gasteiger partial charge in [0.2, 0.25) is 7.44 Å². The minimum Gasteiger partial charge on any atom is -0.288 e. The first-order valence-electron chi connectivity index (χ1n) is 4.83. The lowest BCUT2D eigenvalue weighted by Gasteiger charge is -2.46. The molecule has 0 aromatic carbocycles. The van der Waals surface area contributed by atoms with Crippen molar-refractivity contribution >= 4 is 7.44 Å². The molecule has 0 spiro atoms. The van der Waals surface area contributed by atoms with E-state index >= 15 is 0 Å². The maximum atomic E-state index is 12.8. The molecule has 4 heteroatoms. The lowest BCUT2D eigenvalue weighted by Crippen LogP contribution is -2.42. The zero-order valence-corrected chi connectivity index (χ0v) is 10.3. The fourth-order valence-electron chi connectivity index (χ4n) is 2.08. The standard InChI is InChI=1S/C9H21N2OP/c1-9(2,3)13(12)10(4)7-6-8-11(13)5/h6-8H2,1-5H3. The summed E-state index contributed by atoms with van der Waals surface area (Å²) in [4.78, 5) is 0. The maximum absolute atomic E-state index is 12.8. The van der Waals surface area contributed by atoms with Crippen LogP contribution in [0.25, 0.3) is 0 Å². The molecule has 0 N–H and O–H groups in total. The third-order valence-electron chi connectivity index (χ3n) is 2.76. The molecule has 0 atom stereocenters.